The van der Waals surface area contributed by atoms with E-state index in [2.05, 4.69) is 14.9 Å². The minimum atomic E-state index is -4.34. The lowest BCUT2D eigenvalue weighted by Gasteiger charge is -2.21. The molecule has 0 bridgehead atoms. The number of halogens is 4. The number of aromatic nitrogens is 3. The van der Waals surface area contributed by atoms with E-state index in [0.29, 0.717) is 30.1 Å². The first-order valence-corrected chi connectivity index (χ1v) is 11.4. The fourth-order valence-corrected chi connectivity index (χ4v) is 5.34. The second kappa shape index (κ2) is 8.44. The molecule has 3 aromatic rings. The predicted octanol–water partition coefficient (Wildman–Crippen LogP) is 3.73. The molecule has 0 radical (unpaired) electrons. The molecular formula is C25H24F4N4O2. The smallest absolute Gasteiger partial charge is 0.302 e. The van der Waals surface area contributed by atoms with Crippen molar-refractivity contribution in [2.24, 2.45) is 5.92 Å². The average Bonchev–Trinajstić information content (AvgIpc) is 3.36. The first-order valence-electron chi connectivity index (χ1n) is 11.4. The van der Waals surface area contributed by atoms with Gasteiger partial charge < -0.3 is 4.90 Å². The molecule has 3 heterocycles. The molecule has 1 aliphatic carbocycles. The molecule has 1 aromatic carbocycles. The summed E-state index contributed by atoms with van der Waals surface area (Å²) in [7, 11) is 0. The number of rotatable bonds is 6. The molecule has 2 fully saturated rings. The predicted molar refractivity (Wildman–Crippen MR) is 122 cm³/mol. The van der Waals surface area contributed by atoms with Crippen molar-refractivity contribution >= 4 is 0 Å². The number of nitrogens with one attached hydrogen (secondary N) is 1. The molecule has 35 heavy (non-hydrogen) atoms. The fraction of sp³-hybridized carbons (Fsp3) is 0.400. The van der Waals surface area contributed by atoms with Crippen LogP contribution in [0.25, 0.3) is 11.1 Å². The van der Waals surface area contributed by atoms with Gasteiger partial charge in [0.05, 0.1) is 11.1 Å². The molecule has 1 N–H and O–H groups in total. The summed E-state index contributed by atoms with van der Waals surface area (Å²) in [6, 6.07) is 8.14. The Balaban J connectivity index is 1.24. The summed E-state index contributed by atoms with van der Waals surface area (Å²) in [5, 5.41) is 0. The Kier molecular flexibility index (Phi) is 5.66. The van der Waals surface area contributed by atoms with Gasteiger partial charge in [-0.05, 0) is 62.1 Å². The highest BCUT2D eigenvalue weighted by molar-refractivity contribution is 5.63. The van der Waals surface area contributed by atoms with Crippen LogP contribution >= 0.6 is 0 Å². The maximum Gasteiger partial charge on any atom is 0.416 e. The highest BCUT2D eigenvalue weighted by Gasteiger charge is 2.60. The second-order valence-corrected chi connectivity index (χ2v) is 9.48. The molecule has 0 amide bonds. The molecular weight excluding hydrogens is 464 g/mol. The Morgan fingerprint density at radius 3 is 2.51 bits per heavy atom. The summed E-state index contributed by atoms with van der Waals surface area (Å²) in [6.45, 7) is 4.34. The van der Waals surface area contributed by atoms with Gasteiger partial charge in [-0.2, -0.15) is 17.6 Å². The number of hydrogen-bond acceptors (Lipinski definition) is 4. The number of hydrogen-bond donors (Lipinski definition) is 1. The summed E-state index contributed by atoms with van der Waals surface area (Å²) in [5.41, 5.74) is 0.213. The van der Waals surface area contributed by atoms with E-state index in [1.165, 1.54) is 22.9 Å². The molecule has 2 atom stereocenters. The highest BCUT2D eigenvalue weighted by atomic mass is 19.4. The average molecular weight is 488 g/mol. The number of alkyl halides is 3. The standard InChI is InChI=1S/C25H24F4N4O2/c1-15-19(7-8-21(26)30-15)20-13-33(23(35)31-22(20)34)10-2-9-32-12-18-11-24(18,14-32)16-3-5-17(6-4-16)25(27,28)29/h3-8,13,18H,2,9-12,14H2,1H3,(H,31,34,35)/t18?,24-/m1/s1. The first-order chi connectivity index (χ1) is 16.6. The van der Waals surface area contributed by atoms with Crippen molar-refractivity contribution in [3.05, 3.63) is 86.2 Å². The van der Waals surface area contributed by atoms with Crippen molar-refractivity contribution in [2.75, 3.05) is 19.6 Å². The number of nitrogens with zero attached hydrogens (tertiary/aromatic N) is 3. The van der Waals surface area contributed by atoms with E-state index >= 15 is 0 Å². The van der Waals surface area contributed by atoms with E-state index in [9.17, 15) is 27.2 Å². The molecule has 1 saturated carbocycles. The van der Waals surface area contributed by atoms with Crippen molar-refractivity contribution < 1.29 is 17.6 Å². The maximum atomic E-state index is 13.4. The van der Waals surface area contributed by atoms with Crippen LogP contribution < -0.4 is 11.2 Å². The summed E-state index contributed by atoms with van der Waals surface area (Å²) < 4.78 is 53.4. The highest BCUT2D eigenvalue weighted by Crippen LogP contribution is 2.59. The van der Waals surface area contributed by atoms with Crippen molar-refractivity contribution in [1.82, 2.24) is 19.4 Å². The van der Waals surface area contributed by atoms with E-state index in [4.69, 9.17) is 0 Å². The normalized spacial score (nSPS) is 21.8. The molecule has 2 aliphatic rings. The largest absolute Gasteiger partial charge is 0.416 e. The van der Waals surface area contributed by atoms with Crippen LogP contribution in [-0.2, 0) is 18.1 Å². The Bertz CT molecular complexity index is 1380. The third kappa shape index (κ3) is 4.42. The number of piperidine rings is 1. The minimum Gasteiger partial charge on any atom is -0.302 e. The van der Waals surface area contributed by atoms with Crippen molar-refractivity contribution in [3.8, 4) is 11.1 Å². The Morgan fingerprint density at radius 1 is 1.09 bits per heavy atom. The number of pyridine rings is 1. The summed E-state index contributed by atoms with van der Waals surface area (Å²) in [6.07, 6.45) is -1.23. The molecule has 5 rings (SSSR count). The van der Waals surface area contributed by atoms with Gasteiger partial charge in [-0.1, -0.05) is 12.1 Å². The number of fused-ring (bicyclic) bond motifs is 1. The van der Waals surface area contributed by atoms with E-state index in [-0.39, 0.29) is 11.0 Å². The van der Waals surface area contributed by atoms with Gasteiger partial charge in [-0.25, -0.2) is 9.78 Å². The zero-order chi connectivity index (χ0) is 25.0. The maximum absolute atomic E-state index is 13.4. The molecule has 6 nitrogen and oxygen atoms in total. The third-order valence-electron chi connectivity index (χ3n) is 7.23. The van der Waals surface area contributed by atoms with Gasteiger partial charge in [-0.3, -0.25) is 14.3 Å². The monoisotopic (exact) mass is 488 g/mol. The number of aromatic amines is 1. The van der Waals surface area contributed by atoms with Crippen LogP contribution in [0.1, 0.15) is 29.7 Å². The fourth-order valence-electron chi connectivity index (χ4n) is 5.34. The first kappa shape index (κ1) is 23.5. The zero-order valence-corrected chi connectivity index (χ0v) is 19.0. The number of likely N-dealkylation sites (tertiary alicyclic amines) is 1. The van der Waals surface area contributed by atoms with E-state index in [0.717, 1.165) is 43.8 Å². The Morgan fingerprint density at radius 2 is 1.83 bits per heavy atom. The van der Waals surface area contributed by atoms with Crippen molar-refractivity contribution in [3.63, 3.8) is 0 Å². The third-order valence-corrected chi connectivity index (χ3v) is 7.23. The Labute approximate surface area is 198 Å². The molecule has 0 spiro atoms. The van der Waals surface area contributed by atoms with Gasteiger partial charge in [0.2, 0.25) is 5.95 Å². The van der Waals surface area contributed by atoms with Gasteiger partial charge in [0.1, 0.15) is 0 Å². The Hall–Kier alpha value is -3.27. The number of H-pyrrole nitrogens is 1. The molecule has 10 heteroatoms. The van der Waals surface area contributed by atoms with Crippen molar-refractivity contribution in [1.29, 1.82) is 0 Å². The summed E-state index contributed by atoms with van der Waals surface area (Å²) in [4.78, 5) is 33.0. The molecule has 1 saturated heterocycles. The molecule has 1 aliphatic heterocycles. The summed E-state index contributed by atoms with van der Waals surface area (Å²) in [5.74, 6) is -0.218. The van der Waals surface area contributed by atoms with Gasteiger partial charge in [0.25, 0.3) is 5.56 Å². The lowest BCUT2D eigenvalue weighted by atomic mass is 9.94. The lowest BCUT2D eigenvalue weighted by Crippen LogP contribution is -2.32. The van der Waals surface area contributed by atoms with Crippen LogP contribution in [0.5, 0.6) is 0 Å². The van der Waals surface area contributed by atoms with Crippen LogP contribution in [0.2, 0.25) is 0 Å². The quantitative estimate of drug-likeness (QED) is 0.424. The van der Waals surface area contributed by atoms with Crippen LogP contribution in [0, 0.1) is 18.8 Å². The molecule has 2 aromatic heterocycles. The minimum absolute atomic E-state index is 0.0841. The van der Waals surface area contributed by atoms with Crippen LogP contribution in [0.4, 0.5) is 17.6 Å². The molecule has 184 valence electrons. The zero-order valence-electron chi connectivity index (χ0n) is 19.0. The number of aryl methyl sites for hydroxylation is 2. The summed E-state index contributed by atoms with van der Waals surface area (Å²) >= 11 is 0. The molecule has 1 unspecified atom stereocenters. The van der Waals surface area contributed by atoms with Gasteiger partial charge in [0.15, 0.2) is 0 Å². The van der Waals surface area contributed by atoms with E-state index in [1.54, 1.807) is 19.1 Å². The van der Waals surface area contributed by atoms with Crippen molar-refractivity contribution in [2.45, 2.75) is 37.9 Å². The van der Waals surface area contributed by atoms with Crippen LogP contribution in [0.3, 0.4) is 0 Å². The van der Waals surface area contributed by atoms with Gasteiger partial charge >= 0.3 is 11.9 Å². The van der Waals surface area contributed by atoms with Crippen LogP contribution in [-0.4, -0.2) is 39.1 Å². The topological polar surface area (TPSA) is 71.0 Å². The van der Waals surface area contributed by atoms with Gasteiger partial charge in [0, 0.05) is 42.5 Å². The van der Waals surface area contributed by atoms with Crippen LogP contribution in [0.15, 0.2) is 52.2 Å². The number of benzene rings is 1. The van der Waals surface area contributed by atoms with E-state index < -0.39 is 28.9 Å². The second-order valence-electron chi connectivity index (χ2n) is 9.48. The van der Waals surface area contributed by atoms with Gasteiger partial charge in [-0.15, -0.1) is 0 Å². The van der Waals surface area contributed by atoms with E-state index in [1.807, 2.05) is 0 Å². The SMILES string of the molecule is Cc1nc(F)ccc1-c1cn(CCCN2CC3C[C@]3(c3ccc(C(F)(F)F)cc3)C2)c(=O)[nH]c1=O. The lowest BCUT2D eigenvalue weighted by molar-refractivity contribution is -0.137.